The minimum atomic E-state index is -3.26. The molecule has 1 aliphatic heterocycles. The number of nitrogens with one attached hydrogen (secondary N) is 1. The Bertz CT molecular complexity index is 961. The summed E-state index contributed by atoms with van der Waals surface area (Å²) in [6.07, 6.45) is 6.55. The molecule has 2 heterocycles. The van der Waals surface area contributed by atoms with Crippen molar-refractivity contribution >= 4 is 16.1 Å². The molecule has 1 N–H and O–H groups in total. The lowest BCUT2D eigenvalue weighted by Gasteiger charge is -2.21. The van der Waals surface area contributed by atoms with Gasteiger partial charge in [-0.15, -0.1) is 0 Å². The van der Waals surface area contributed by atoms with Crippen LogP contribution < -0.4 is 4.74 Å². The number of fused-ring (bicyclic) bond motifs is 2. The SMILES string of the molecule is CCS(=O)(=O)c1ccc(OC)c(-c2ccc(CC34CCC(C=N3)C4)[nH]2)c1. The maximum atomic E-state index is 12.2. The molecule has 2 atom stereocenters. The van der Waals surface area contributed by atoms with E-state index >= 15 is 0 Å². The number of nitrogens with zero attached hydrogens (tertiary/aromatic N) is 1. The van der Waals surface area contributed by atoms with Crippen LogP contribution in [0.2, 0.25) is 0 Å². The second-order valence-electron chi connectivity index (χ2n) is 7.34. The topological polar surface area (TPSA) is 71.5 Å². The van der Waals surface area contributed by atoms with Crippen LogP contribution in [0.3, 0.4) is 0 Å². The summed E-state index contributed by atoms with van der Waals surface area (Å²) in [6.45, 7) is 1.66. The Kier molecular flexibility index (Phi) is 4.18. The van der Waals surface area contributed by atoms with Crippen molar-refractivity contribution in [2.75, 3.05) is 12.9 Å². The molecule has 1 fully saturated rings. The minimum absolute atomic E-state index is 0.0598. The number of aromatic nitrogens is 1. The van der Waals surface area contributed by atoms with Crippen molar-refractivity contribution in [2.24, 2.45) is 10.9 Å². The first kappa shape index (κ1) is 17.3. The number of H-pyrrole nitrogens is 1. The van der Waals surface area contributed by atoms with Crippen LogP contribution in [0.15, 0.2) is 40.2 Å². The standard InChI is InChI=1S/C20H24N2O3S/c1-3-26(23,24)16-5-7-19(25-2)17(10-16)18-6-4-15(22-18)12-20-9-8-14(11-20)13-21-20/h4-7,10,13-14,22H,3,8-9,11-12H2,1-2H3. The van der Waals surface area contributed by atoms with Crippen molar-refractivity contribution in [3.63, 3.8) is 0 Å². The van der Waals surface area contributed by atoms with Crippen molar-refractivity contribution in [2.45, 2.75) is 43.0 Å². The van der Waals surface area contributed by atoms with Crippen LogP contribution in [0.1, 0.15) is 31.9 Å². The predicted molar refractivity (Wildman–Crippen MR) is 103 cm³/mol. The van der Waals surface area contributed by atoms with Crippen LogP contribution in [-0.2, 0) is 16.3 Å². The van der Waals surface area contributed by atoms with Crippen LogP contribution >= 0.6 is 0 Å². The van der Waals surface area contributed by atoms with Crippen molar-refractivity contribution in [1.82, 2.24) is 4.98 Å². The van der Waals surface area contributed by atoms with Gasteiger partial charge in [0.15, 0.2) is 9.84 Å². The number of methoxy groups -OCH3 is 1. The molecule has 2 aliphatic rings. The fourth-order valence-electron chi connectivity index (χ4n) is 4.17. The average Bonchev–Trinajstić information content (AvgIpc) is 3.37. The van der Waals surface area contributed by atoms with Crippen LogP contribution in [0.4, 0.5) is 0 Å². The molecule has 138 valence electrons. The fourth-order valence-corrected chi connectivity index (χ4v) is 5.08. The minimum Gasteiger partial charge on any atom is -0.496 e. The molecule has 2 bridgehead atoms. The van der Waals surface area contributed by atoms with E-state index in [4.69, 9.17) is 9.73 Å². The van der Waals surface area contributed by atoms with Crippen molar-refractivity contribution < 1.29 is 13.2 Å². The van der Waals surface area contributed by atoms with Crippen molar-refractivity contribution in [3.05, 3.63) is 36.0 Å². The predicted octanol–water partition coefficient (Wildman–Crippen LogP) is 3.65. The van der Waals surface area contributed by atoms with Crippen molar-refractivity contribution in [1.29, 1.82) is 0 Å². The molecule has 1 aliphatic carbocycles. The summed E-state index contributed by atoms with van der Waals surface area (Å²) < 4.78 is 29.9. The molecule has 2 aromatic rings. The van der Waals surface area contributed by atoms with E-state index in [9.17, 15) is 8.42 Å². The molecule has 0 amide bonds. The van der Waals surface area contributed by atoms with Gasteiger partial charge in [0.25, 0.3) is 0 Å². The fraction of sp³-hybridized carbons (Fsp3) is 0.450. The zero-order valence-electron chi connectivity index (χ0n) is 15.2. The third-order valence-corrected chi connectivity index (χ3v) is 7.38. The molecule has 0 saturated heterocycles. The molecule has 26 heavy (non-hydrogen) atoms. The van der Waals surface area contributed by atoms with E-state index in [-0.39, 0.29) is 11.3 Å². The van der Waals surface area contributed by atoms with Gasteiger partial charge in [-0.1, -0.05) is 6.92 Å². The molecule has 5 nitrogen and oxygen atoms in total. The number of aliphatic imine (C=N–C) groups is 1. The summed E-state index contributed by atoms with van der Waals surface area (Å²) in [6, 6.07) is 9.10. The number of sulfone groups is 1. The van der Waals surface area contributed by atoms with Gasteiger partial charge in [0, 0.05) is 29.6 Å². The van der Waals surface area contributed by atoms with Gasteiger partial charge in [-0.2, -0.15) is 0 Å². The average molecular weight is 372 g/mol. The lowest BCUT2D eigenvalue weighted by Crippen LogP contribution is -2.23. The second kappa shape index (κ2) is 6.27. The summed E-state index contributed by atoms with van der Waals surface area (Å²) in [5.41, 5.74) is 2.83. The van der Waals surface area contributed by atoms with Crippen LogP contribution in [0, 0.1) is 5.92 Å². The number of rotatable bonds is 6. The van der Waals surface area contributed by atoms with Gasteiger partial charge < -0.3 is 9.72 Å². The van der Waals surface area contributed by atoms with Gasteiger partial charge in [0.2, 0.25) is 0 Å². The summed E-state index contributed by atoms with van der Waals surface area (Å²) in [5, 5.41) is 0. The highest BCUT2D eigenvalue weighted by atomic mass is 32.2. The molecular formula is C20H24N2O3S. The molecule has 1 saturated carbocycles. The first-order valence-corrected chi connectivity index (χ1v) is 10.7. The number of benzene rings is 1. The smallest absolute Gasteiger partial charge is 0.178 e. The Balaban J connectivity index is 1.66. The summed E-state index contributed by atoms with van der Waals surface area (Å²) in [4.78, 5) is 8.54. The molecule has 1 aromatic heterocycles. The number of hydrogen-bond acceptors (Lipinski definition) is 4. The molecule has 2 unspecified atom stereocenters. The Morgan fingerprint density at radius 1 is 1.31 bits per heavy atom. The van der Waals surface area contributed by atoms with Gasteiger partial charge in [-0.3, -0.25) is 4.99 Å². The van der Waals surface area contributed by atoms with Crippen LogP contribution in [0.25, 0.3) is 11.3 Å². The van der Waals surface area contributed by atoms with E-state index in [0.717, 1.165) is 36.2 Å². The first-order chi connectivity index (χ1) is 12.4. The van der Waals surface area contributed by atoms with Gasteiger partial charge in [-0.05, 0) is 55.5 Å². The van der Waals surface area contributed by atoms with Crippen LogP contribution in [-0.4, -0.2) is 38.0 Å². The normalized spacial score (nSPS) is 24.3. The third-order valence-electron chi connectivity index (χ3n) is 5.65. The highest BCUT2D eigenvalue weighted by Gasteiger charge is 2.42. The summed E-state index contributed by atoms with van der Waals surface area (Å²) in [5.74, 6) is 1.39. The van der Waals surface area contributed by atoms with E-state index in [1.54, 1.807) is 32.2 Å². The maximum absolute atomic E-state index is 12.2. The summed E-state index contributed by atoms with van der Waals surface area (Å²) in [7, 11) is -1.66. The van der Waals surface area contributed by atoms with E-state index in [2.05, 4.69) is 17.3 Å². The van der Waals surface area contributed by atoms with Gasteiger partial charge >= 0.3 is 0 Å². The molecule has 0 radical (unpaired) electrons. The molecular weight excluding hydrogens is 348 g/mol. The van der Waals surface area contributed by atoms with E-state index in [0.29, 0.717) is 16.6 Å². The monoisotopic (exact) mass is 372 g/mol. The quantitative estimate of drug-likeness (QED) is 0.841. The Morgan fingerprint density at radius 3 is 2.77 bits per heavy atom. The van der Waals surface area contributed by atoms with Crippen molar-refractivity contribution in [3.8, 4) is 17.0 Å². The Morgan fingerprint density at radius 2 is 2.15 bits per heavy atom. The van der Waals surface area contributed by atoms with Gasteiger partial charge in [0.1, 0.15) is 5.75 Å². The molecule has 4 rings (SSSR count). The molecule has 6 heteroatoms. The number of aromatic amines is 1. The number of ether oxygens (including phenoxy) is 1. The Hall–Kier alpha value is -2.08. The second-order valence-corrected chi connectivity index (χ2v) is 9.62. The maximum Gasteiger partial charge on any atom is 0.178 e. The van der Waals surface area contributed by atoms with Gasteiger partial charge in [-0.25, -0.2) is 8.42 Å². The van der Waals surface area contributed by atoms with E-state index in [1.807, 2.05) is 6.07 Å². The lowest BCUT2D eigenvalue weighted by atomic mass is 9.93. The zero-order chi connectivity index (χ0) is 18.4. The highest BCUT2D eigenvalue weighted by Crippen LogP contribution is 2.44. The first-order valence-electron chi connectivity index (χ1n) is 9.09. The number of hydrogen-bond donors (Lipinski definition) is 1. The van der Waals surface area contributed by atoms with E-state index < -0.39 is 9.84 Å². The third kappa shape index (κ3) is 2.96. The molecule has 0 spiro atoms. The Labute approximate surface area is 154 Å². The summed E-state index contributed by atoms with van der Waals surface area (Å²) >= 11 is 0. The largest absolute Gasteiger partial charge is 0.496 e. The van der Waals surface area contributed by atoms with Gasteiger partial charge in [0.05, 0.1) is 23.3 Å². The molecule has 1 aromatic carbocycles. The zero-order valence-corrected chi connectivity index (χ0v) is 16.0. The van der Waals surface area contributed by atoms with E-state index in [1.165, 1.54) is 6.42 Å². The lowest BCUT2D eigenvalue weighted by molar-refractivity contribution is 0.416. The van der Waals surface area contributed by atoms with Crippen LogP contribution in [0.5, 0.6) is 5.75 Å². The highest BCUT2D eigenvalue weighted by molar-refractivity contribution is 7.91.